The lowest BCUT2D eigenvalue weighted by Crippen LogP contribution is -2.07. The van der Waals surface area contributed by atoms with E-state index in [1.807, 2.05) is 42.5 Å². The van der Waals surface area contributed by atoms with E-state index in [4.69, 9.17) is 4.74 Å². The van der Waals surface area contributed by atoms with E-state index in [2.05, 4.69) is 19.1 Å². The van der Waals surface area contributed by atoms with Gasteiger partial charge in [-0.05, 0) is 29.7 Å². The van der Waals surface area contributed by atoms with Crippen LogP contribution in [0.2, 0.25) is 0 Å². The zero-order chi connectivity index (χ0) is 22.7. The number of ether oxygens (including phenoxy) is 1. The molecule has 0 radical (unpaired) electrons. The van der Waals surface area contributed by atoms with Crippen LogP contribution >= 0.6 is 0 Å². The summed E-state index contributed by atoms with van der Waals surface area (Å²) in [6, 6.07) is 18.0. The lowest BCUT2D eigenvalue weighted by Gasteiger charge is -2.06. The number of hydrogen-bond acceptors (Lipinski definition) is 2. The third kappa shape index (κ3) is 12.1. The van der Waals surface area contributed by atoms with Crippen LogP contribution in [-0.4, -0.2) is 5.97 Å². The van der Waals surface area contributed by atoms with Crippen molar-refractivity contribution in [1.82, 2.24) is 0 Å². The van der Waals surface area contributed by atoms with Gasteiger partial charge in [0.2, 0.25) is 0 Å². The molecule has 0 atom stereocenters. The average molecular weight is 437 g/mol. The van der Waals surface area contributed by atoms with Crippen LogP contribution in [0.1, 0.15) is 110 Å². The van der Waals surface area contributed by atoms with Gasteiger partial charge in [-0.3, -0.25) is 4.79 Å². The molecule has 0 N–H and O–H groups in total. The molecule has 0 aliphatic rings. The van der Waals surface area contributed by atoms with Gasteiger partial charge in [0.25, 0.3) is 0 Å². The second-order valence-electron chi connectivity index (χ2n) is 9.06. The Balaban J connectivity index is 1.41. The minimum Gasteiger partial charge on any atom is -0.427 e. The summed E-state index contributed by atoms with van der Waals surface area (Å²) in [5, 5.41) is 0. The van der Waals surface area contributed by atoms with Crippen molar-refractivity contribution in [3.05, 3.63) is 54.6 Å². The maximum absolute atomic E-state index is 12.1. The van der Waals surface area contributed by atoms with Crippen LogP contribution in [0.4, 0.5) is 0 Å². The minimum atomic E-state index is -0.118. The highest BCUT2D eigenvalue weighted by Gasteiger charge is 2.05. The number of benzene rings is 2. The number of rotatable bonds is 18. The number of hydrogen-bond donors (Lipinski definition) is 0. The average Bonchev–Trinajstić information content (AvgIpc) is 2.82. The van der Waals surface area contributed by atoms with Gasteiger partial charge in [0.1, 0.15) is 5.75 Å². The summed E-state index contributed by atoms with van der Waals surface area (Å²) in [7, 11) is 0. The van der Waals surface area contributed by atoms with Crippen molar-refractivity contribution in [1.29, 1.82) is 0 Å². The van der Waals surface area contributed by atoms with Crippen molar-refractivity contribution in [3.63, 3.8) is 0 Å². The van der Waals surface area contributed by atoms with Crippen molar-refractivity contribution in [2.45, 2.75) is 110 Å². The molecule has 32 heavy (non-hydrogen) atoms. The summed E-state index contributed by atoms with van der Waals surface area (Å²) in [6.07, 6.45) is 20.5. The van der Waals surface area contributed by atoms with E-state index in [0.29, 0.717) is 12.2 Å². The highest BCUT2D eigenvalue weighted by molar-refractivity contribution is 5.73. The zero-order valence-electron chi connectivity index (χ0n) is 20.3. The molecule has 0 aromatic heterocycles. The summed E-state index contributed by atoms with van der Waals surface area (Å²) in [5.74, 6) is 0.516. The van der Waals surface area contributed by atoms with Gasteiger partial charge >= 0.3 is 5.97 Å². The first-order valence-electron chi connectivity index (χ1n) is 13.2. The van der Waals surface area contributed by atoms with Crippen LogP contribution < -0.4 is 4.74 Å². The molecule has 0 spiro atoms. The molecule has 176 valence electrons. The number of carbonyl (C=O) groups is 1. The van der Waals surface area contributed by atoms with E-state index in [0.717, 1.165) is 18.4 Å². The van der Waals surface area contributed by atoms with Gasteiger partial charge in [0.15, 0.2) is 0 Å². The molecule has 0 saturated heterocycles. The first kappa shape index (κ1) is 26.2. The van der Waals surface area contributed by atoms with E-state index in [1.165, 1.54) is 89.0 Å². The Bertz CT molecular complexity index is 705. The standard InChI is InChI=1S/C30H44O2/c1-2-3-4-5-6-7-8-9-10-11-12-13-14-15-19-22-30(31)32-29-25-23-28(24-26-29)27-20-17-16-18-21-27/h16-18,20-21,23-26H,2-15,19,22H2,1H3. The summed E-state index contributed by atoms with van der Waals surface area (Å²) in [4.78, 5) is 12.1. The molecule has 2 aromatic rings. The molecule has 2 rings (SSSR count). The first-order chi connectivity index (χ1) is 15.8. The van der Waals surface area contributed by atoms with Crippen LogP contribution in [0, 0.1) is 0 Å². The molecule has 0 aliphatic heterocycles. The summed E-state index contributed by atoms with van der Waals surface area (Å²) >= 11 is 0. The molecular formula is C30H44O2. The topological polar surface area (TPSA) is 26.3 Å². The van der Waals surface area contributed by atoms with Crippen LogP contribution in [0.25, 0.3) is 11.1 Å². The molecule has 0 bridgehead atoms. The lowest BCUT2D eigenvalue weighted by atomic mass is 10.0. The molecule has 2 aromatic carbocycles. The third-order valence-corrected chi connectivity index (χ3v) is 6.18. The van der Waals surface area contributed by atoms with E-state index in [-0.39, 0.29) is 5.97 Å². The maximum atomic E-state index is 12.1. The molecule has 0 saturated carbocycles. The molecular weight excluding hydrogens is 392 g/mol. The quantitative estimate of drug-likeness (QED) is 0.132. The van der Waals surface area contributed by atoms with Crippen LogP contribution in [0.5, 0.6) is 5.75 Å². The predicted octanol–water partition coefficient (Wildman–Crippen LogP) is 9.52. The summed E-state index contributed by atoms with van der Waals surface area (Å²) in [5.41, 5.74) is 2.30. The summed E-state index contributed by atoms with van der Waals surface area (Å²) in [6.45, 7) is 2.28. The van der Waals surface area contributed by atoms with Crippen LogP contribution in [0.3, 0.4) is 0 Å². The van der Waals surface area contributed by atoms with Gasteiger partial charge in [-0.25, -0.2) is 0 Å². The Labute approximate surface area is 196 Å². The predicted molar refractivity (Wildman–Crippen MR) is 137 cm³/mol. The molecule has 2 heteroatoms. The van der Waals surface area contributed by atoms with E-state index < -0.39 is 0 Å². The molecule has 0 heterocycles. The highest BCUT2D eigenvalue weighted by Crippen LogP contribution is 2.22. The Kier molecular flexibility index (Phi) is 14.3. The summed E-state index contributed by atoms with van der Waals surface area (Å²) < 4.78 is 5.49. The molecule has 0 fully saturated rings. The van der Waals surface area contributed by atoms with Gasteiger partial charge in [0.05, 0.1) is 0 Å². The molecule has 0 aliphatic carbocycles. The van der Waals surface area contributed by atoms with Gasteiger partial charge < -0.3 is 4.74 Å². The van der Waals surface area contributed by atoms with Crippen molar-refractivity contribution < 1.29 is 9.53 Å². The van der Waals surface area contributed by atoms with Crippen molar-refractivity contribution in [3.8, 4) is 16.9 Å². The van der Waals surface area contributed by atoms with Gasteiger partial charge in [-0.15, -0.1) is 0 Å². The van der Waals surface area contributed by atoms with Crippen LogP contribution in [-0.2, 0) is 4.79 Å². The Morgan fingerprint density at radius 2 is 1.00 bits per heavy atom. The third-order valence-electron chi connectivity index (χ3n) is 6.18. The Hall–Kier alpha value is -2.09. The molecule has 0 amide bonds. The number of carbonyl (C=O) groups excluding carboxylic acids is 1. The lowest BCUT2D eigenvalue weighted by molar-refractivity contribution is -0.134. The van der Waals surface area contributed by atoms with Crippen molar-refractivity contribution in [2.24, 2.45) is 0 Å². The maximum Gasteiger partial charge on any atom is 0.311 e. The normalized spacial score (nSPS) is 10.9. The smallest absolute Gasteiger partial charge is 0.311 e. The molecule has 2 nitrogen and oxygen atoms in total. The fourth-order valence-corrected chi connectivity index (χ4v) is 4.17. The minimum absolute atomic E-state index is 0.118. The zero-order valence-corrected chi connectivity index (χ0v) is 20.3. The first-order valence-corrected chi connectivity index (χ1v) is 13.2. The van der Waals surface area contributed by atoms with Gasteiger partial charge in [0, 0.05) is 6.42 Å². The number of unbranched alkanes of at least 4 members (excludes halogenated alkanes) is 14. The second kappa shape index (κ2) is 17.5. The largest absolute Gasteiger partial charge is 0.427 e. The molecule has 0 unspecified atom stereocenters. The van der Waals surface area contributed by atoms with E-state index >= 15 is 0 Å². The fraction of sp³-hybridized carbons (Fsp3) is 0.567. The van der Waals surface area contributed by atoms with Crippen LogP contribution in [0.15, 0.2) is 54.6 Å². The van der Waals surface area contributed by atoms with E-state index in [1.54, 1.807) is 0 Å². The Morgan fingerprint density at radius 3 is 1.50 bits per heavy atom. The van der Waals surface area contributed by atoms with Gasteiger partial charge in [-0.1, -0.05) is 139 Å². The van der Waals surface area contributed by atoms with Crippen molar-refractivity contribution >= 4 is 5.97 Å². The monoisotopic (exact) mass is 436 g/mol. The Morgan fingerprint density at radius 1 is 0.562 bits per heavy atom. The van der Waals surface area contributed by atoms with E-state index in [9.17, 15) is 4.79 Å². The fourth-order valence-electron chi connectivity index (χ4n) is 4.17. The highest BCUT2D eigenvalue weighted by atomic mass is 16.5. The second-order valence-corrected chi connectivity index (χ2v) is 9.06. The van der Waals surface area contributed by atoms with Crippen molar-refractivity contribution in [2.75, 3.05) is 0 Å². The SMILES string of the molecule is CCCCCCCCCCCCCCCCCC(=O)Oc1ccc(-c2ccccc2)cc1. The number of esters is 1. The van der Waals surface area contributed by atoms with Gasteiger partial charge in [-0.2, -0.15) is 0 Å².